The van der Waals surface area contributed by atoms with Crippen molar-refractivity contribution in [3.05, 3.63) is 71.8 Å². The summed E-state index contributed by atoms with van der Waals surface area (Å²) in [6.45, 7) is 1.36. The van der Waals surface area contributed by atoms with E-state index < -0.39 is 23.3 Å². The number of nitrogens with one attached hydrogen (secondary N) is 1. The first-order valence-corrected chi connectivity index (χ1v) is 12.4. The summed E-state index contributed by atoms with van der Waals surface area (Å²) in [5.74, 6) is -2.15. The third kappa shape index (κ3) is 4.51. The third-order valence-electron chi connectivity index (χ3n) is 7.30. The molecule has 0 unspecified atom stereocenters. The van der Waals surface area contributed by atoms with E-state index in [0.29, 0.717) is 30.7 Å². The fourth-order valence-corrected chi connectivity index (χ4v) is 5.43. The van der Waals surface area contributed by atoms with Crippen molar-refractivity contribution in [3.63, 3.8) is 0 Å². The van der Waals surface area contributed by atoms with Crippen molar-refractivity contribution in [1.29, 1.82) is 0 Å². The standard InChI is InChI=1S/C27H29FN4O4/c28-22(17-19-7-2-1-3-8-19)24(33)31-14-11-20(12-15-31)27(23-10-4-5-13-29-23)25(34)32(26(35)30-27)18-21-9-6-16-36-21/h1-5,7-8,10,13,17,20-21H,6,9,11-12,14-16,18H2,(H,30,35)/b22-17-/t21-,27+/m1/s1. The number of piperidine rings is 1. The van der Waals surface area contributed by atoms with E-state index in [-0.39, 0.29) is 37.6 Å². The number of carbonyl (C=O) groups is 3. The molecule has 8 nitrogen and oxygen atoms in total. The number of urea groups is 1. The average molecular weight is 493 g/mol. The molecule has 9 heteroatoms. The van der Waals surface area contributed by atoms with E-state index in [1.54, 1.807) is 48.7 Å². The number of halogens is 1. The highest BCUT2D eigenvalue weighted by atomic mass is 19.1. The van der Waals surface area contributed by atoms with Gasteiger partial charge in [-0.05, 0) is 49.5 Å². The Morgan fingerprint density at radius 2 is 1.86 bits per heavy atom. The highest BCUT2D eigenvalue weighted by Crippen LogP contribution is 2.41. The molecule has 36 heavy (non-hydrogen) atoms. The molecule has 0 radical (unpaired) electrons. The van der Waals surface area contributed by atoms with Crippen LogP contribution < -0.4 is 5.32 Å². The maximum atomic E-state index is 14.7. The van der Waals surface area contributed by atoms with Gasteiger partial charge in [0.2, 0.25) is 0 Å². The highest BCUT2D eigenvalue weighted by Gasteiger charge is 2.58. The van der Waals surface area contributed by atoms with Crippen LogP contribution >= 0.6 is 0 Å². The van der Waals surface area contributed by atoms with Gasteiger partial charge in [0.25, 0.3) is 11.8 Å². The van der Waals surface area contributed by atoms with Crippen LogP contribution in [0.15, 0.2) is 60.6 Å². The zero-order chi connectivity index (χ0) is 25.1. The van der Waals surface area contributed by atoms with Crippen LogP contribution in [0.5, 0.6) is 0 Å². The van der Waals surface area contributed by atoms with Gasteiger partial charge in [0.1, 0.15) is 0 Å². The topological polar surface area (TPSA) is 91.8 Å². The summed E-state index contributed by atoms with van der Waals surface area (Å²) >= 11 is 0. The Bertz CT molecular complexity index is 1140. The van der Waals surface area contributed by atoms with E-state index in [0.717, 1.165) is 12.8 Å². The molecule has 188 valence electrons. The number of aromatic nitrogens is 1. The lowest BCUT2D eigenvalue weighted by molar-refractivity contribution is -0.136. The van der Waals surface area contributed by atoms with Crippen molar-refractivity contribution in [2.45, 2.75) is 37.3 Å². The van der Waals surface area contributed by atoms with E-state index in [2.05, 4.69) is 10.3 Å². The molecule has 0 aliphatic carbocycles. The molecule has 3 aliphatic heterocycles. The number of hydrogen-bond acceptors (Lipinski definition) is 5. The summed E-state index contributed by atoms with van der Waals surface area (Å²) in [6, 6.07) is 13.7. The van der Waals surface area contributed by atoms with Gasteiger partial charge in [0.15, 0.2) is 11.4 Å². The predicted octanol–water partition coefficient (Wildman–Crippen LogP) is 3.26. The summed E-state index contributed by atoms with van der Waals surface area (Å²) in [6.07, 6.45) is 5.20. The minimum atomic E-state index is -1.33. The molecular formula is C27H29FN4O4. The van der Waals surface area contributed by atoms with Crippen LogP contribution in [0.2, 0.25) is 0 Å². The van der Waals surface area contributed by atoms with Crippen molar-refractivity contribution < 1.29 is 23.5 Å². The van der Waals surface area contributed by atoms with Crippen LogP contribution in [-0.2, 0) is 19.9 Å². The second-order valence-electron chi connectivity index (χ2n) is 9.47. The minimum absolute atomic E-state index is 0.168. The molecule has 1 aromatic heterocycles. The first kappa shape index (κ1) is 24.1. The molecule has 2 atom stereocenters. The van der Waals surface area contributed by atoms with E-state index >= 15 is 0 Å². The van der Waals surface area contributed by atoms with Gasteiger partial charge >= 0.3 is 6.03 Å². The smallest absolute Gasteiger partial charge is 0.325 e. The van der Waals surface area contributed by atoms with E-state index in [1.165, 1.54) is 15.9 Å². The summed E-state index contributed by atoms with van der Waals surface area (Å²) in [5, 5.41) is 2.96. The van der Waals surface area contributed by atoms with E-state index in [9.17, 15) is 18.8 Å². The van der Waals surface area contributed by atoms with Crippen molar-refractivity contribution >= 4 is 23.9 Å². The lowest BCUT2D eigenvalue weighted by Crippen LogP contribution is -2.54. The van der Waals surface area contributed by atoms with Crippen molar-refractivity contribution in [3.8, 4) is 0 Å². The molecule has 3 aliphatic rings. The summed E-state index contributed by atoms with van der Waals surface area (Å²) in [5.41, 5.74) is -0.249. The monoisotopic (exact) mass is 492 g/mol. The van der Waals surface area contributed by atoms with Crippen molar-refractivity contribution in [1.82, 2.24) is 20.1 Å². The number of likely N-dealkylation sites (tertiary alicyclic amines) is 1. The van der Waals surface area contributed by atoms with Crippen LogP contribution in [0.25, 0.3) is 6.08 Å². The summed E-state index contributed by atoms with van der Waals surface area (Å²) in [4.78, 5) is 46.8. The minimum Gasteiger partial charge on any atom is -0.376 e. The van der Waals surface area contributed by atoms with Gasteiger partial charge in [-0.25, -0.2) is 9.18 Å². The van der Waals surface area contributed by atoms with E-state index in [1.807, 2.05) is 6.07 Å². The number of ether oxygens (including phenoxy) is 1. The van der Waals surface area contributed by atoms with Gasteiger partial charge in [-0.3, -0.25) is 19.5 Å². The van der Waals surface area contributed by atoms with Crippen LogP contribution in [0.4, 0.5) is 9.18 Å². The molecule has 4 amide bonds. The molecule has 4 heterocycles. The zero-order valence-corrected chi connectivity index (χ0v) is 19.9. The third-order valence-corrected chi connectivity index (χ3v) is 7.30. The summed E-state index contributed by atoms with van der Waals surface area (Å²) < 4.78 is 20.4. The molecule has 0 spiro atoms. The first-order chi connectivity index (χ1) is 17.5. The Labute approximate surface area is 209 Å². The zero-order valence-electron chi connectivity index (χ0n) is 19.9. The molecule has 1 N–H and O–H groups in total. The molecule has 3 fully saturated rings. The maximum absolute atomic E-state index is 14.7. The van der Waals surface area contributed by atoms with Crippen molar-refractivity contribution in [2.24, 2.45) is 5.92 Å². The number of nitrogens with zero attached hydrogens (tertiary/aromatic N) is 3. The summed E-state index contributed by atoms with van der Waals surface area (Å²) in [7, 11) is 0. The fraction of sp³-hybridized carbons (Fsp3) is 0.407. The number of carbonyl (C=O) groups excluding carboxylic acids is 3. The Hall–Kier alpha value is -3.59. The van der Waals surface area contributed by atoms with Crippen LogP contribution in [0.3, 0.4) is 0 Å². The molecular weight excluding hydrogens is 463 g/mol. The molecule has 0 saturated carbocycles. The SMILES string of the molecule is O=C(/C(F)=C/c1ccccc1)N1CCC([C@@]2(c3ccccn3)NC(=O)N(C[C@H]3CCCO3)C2=O)CC1. The number of rotatable bonds is 6. The second kappa shape index (κ2) is 10.2. The molecule has 0 bridgehead atoms. The number of pyridine rings is 1. The number of imide groups is 1. The Kier molecular flexibility index (Phi) is 6.82. The van der Waals surface area contributed by atoms with Gasteiger partial charge < -0.3 is 15.0 Å². The van der Waals surface area contributed by atoms with Gasteiger partial charge in [0.05, 0.1) is 18.3 Å². The van der Waals surface area contributed by atoms with E-state index in [4.69, 9.17) is 4.74 Å². The molecule has 3 saturated heterocycles. The lowest BCUT2D eigenvalue weighted by atomic mass is 9.75. The number of hydrogen-bond donors (Lipinski definition) is 1. The van der Waals surface area contributed by atoms with Crippen LogP contribution in [-0.4, -0.2) is 65.0 Å². The van der Waals surface area contributed by atoms with Gasteiger partial charge in [-0.15, -0.1) is 0 Å². The Balaban J connectivity index is 1.34. The quantitative estimate of drug-likeness (QED) is 0.494. The normalized spacial score (nSPS) is 25.4. The largest absolute Gasteiger partial charge is 0.376 e. The second-order valence-corrected chi connectivity index (χ2v) is 9.47. The molecule has 2 aromatic rings. The van der Waals surface area contributed by atoms with Gasteiger partial charge in [-0.2, -0.15) is 0 Å². The van der Waals surface area contributed by atoms with Gasteiger partial charge in [0, 0.05) is 31.8 Å². The fourth-order valence-electron chi connectivity index (χ4n) is 5.43. The lowest BCUT2D eigenvalue weighted by Gasteiger charge is -2.40. The van der Waals surface area contributed by atoms with Crippen LogP contribution in [0, 0.1) is 5.92 Å². The average Bonchev–Trinajstić information content (AvgIpc) is 3.52. The van der Waals surface area contributed by atoms with Gasteiger partial charge in [-0.1, -0.05) is 36.4 Å². The number of benzene rings is 1. The number of amides is 4. The predicted molar refractivity (Wildman–Crippen MR) is 130 cm³/mol. The Morgan fingerprint density at radius 3 is 2.53 bits per heavy atom. The molecule has 5 rings (SSSR count). The maximum Gasteiger partial charge on any atom is 0.325 e. The highest BCUT2D eigenvalue weighted by molar-refractivity contribution is 6.07. The first-order valence-electron chi connectivity index (χ1n) is 12.4. The molecule has 1 aromatic carbocycles. The van der Waals surface area contributed by atoms with Crippen LogP contribution in [0.1, 0.15) is 36.9 Å². The Morgan fingerprint density at radius 1 is 1.11 bits per heavy atom. The van der Waals surface area contributed by atoms with Crippen molar-refractivity contribution in [2.75, 3.05) is 26.2 Å².